The van der Waals surface area contributed by atoms with Crippen molar-refractivity contribution in [1.29, 1.82) is 0 Å². The van der Waals surface area contributed by atoms with Gasteiger partial charge in [-0.3, -0.25) is 0 Å². The van der Waals surface area contributed by atoms with E-state index in [4.69, 9.17) is 23.2 Å². The minimum atomic E-state index is 0.667. The van der Waals surface area contributed by atoms with Crippen LogP contribution in [0.25, 0.3) is 11.1 Å². The predicted octanol–water partition coefficient (Wildman–Crippen LogP) is 5.42. The number of hydrogen-bond donors (Lipinski definition) is 0. The van der Waals surface area contributed by atoms with Crippen molar-refractivity contribution < 1.29 is 0 Å². The molecule has 0 radical (unpaired) electrons. The first-order chi connectivity index (χ1) is 7.18. The van der Waals surface area contributed by atoms with Crippen LogP contribution in [0.5, 0.6) is 0 Å². The lowest BCUT2D eigenvalue weighted by Gasteiger charge is -2.07. The van der Waals surface area contributed by atoms with Gasteiger partial charge in [-0.2, -0.15) is 0 Å². The molecule has 0 spiro atoms. The van der Waals surface area contributed by atoms with Crippen LogP contribution in [0.4, 0.5) is 0 Å². The van der Waals surface area contributed by atoms with Gasteiger partial charge in [0.25, 0.3) is 0 Å². The van der Waals surface area contributed by atoms with E-state index in [2.05, 4.69) is 15.9 Å². The van der Waals surface area contributed by atoms with E-state index in [0.717, 1.165) is 15.6 Å². The van der Waals surface area contributed by atoms with Gasteiger partial charge in [0, 0.05) is 20.1 Å². The predicted molar refractivity (Wildman–Crippen MR) is 69.6 cm³/mol. The fraction of sp³-hybridized carbons (Fsp3) is 0. The molecular weight excluding hydrogens is 295 g/mol. The van der Waals surface area contributed by atoms with Gasteiger partial charge in [0.15, 0.2) is 0 Å². The van der Waals surface area contributed by atoms with Crippen LogP contribution < -0.4 is 0 Å². The molecule has 0 unspecified atom stereocenters. The lowest BCUT2D eigenvalue weighted by Crippen LogP contribution is -1.81. The van der Waals surface area contributed by atoms with Gasteiger partial charge in [-0.1, -0.05) is 57.3 Å². The highest BCUT2D eigenvalue weighted by Gasteiger charge is 2.07. The largest absolute Gasteiger partial charge is 0.0836 e. The van der Waals surface area contributed by atoms with Gasteiger partial charge in [-0.15, -0.1) is 0 Å². The Kier molecular flexibility index (Phi) is 3.35. The minimum absolute atomic E-state index is 0.667. The fourth-order valence-corrected chi connectivity index (χ4v) is 2.43. The molecule has 0 heterocycles. The quantitative estimate of drug-likeness (QED) is 0.659. The summed E-state index contributed by atoms with van der Waals surface area (Å²) in [5, 5.41) is 1.33. The average Bonchev–Trinajstić information content (AvgIpc) is 2.17. The Labute approximate surface area is 107 Å². The van der Waals surface area contributed by atoms with Crippen LogP contribution in [-0.2, 0) is 0 Å². The van der Waals surface area contributed by atoms with E-state index >= 15 is 0 Å². The van der Waals surface area contributed by atoms with Gasteiger partial charge < -0.3 is 0 Å². The summed E-state index contributed by atoms with van der Waals surface area (Å²) >= 11 is 15.7. The standard InChI is InChI=1S/C12H7BrCl2/c13-9-4-1-3-8(7-9)12-10(14)5-2-6-11(12)15/h1-7H. The summed E-state index contributed by atoms with van der Waals surface area (Å²) in [6.07, 6.45) is 0. The molecule has 2 aromatic rings. The van der Waals surface area contributed by atoms with Crippen molar-refractivity contribution in [3.05, 3.63) is 57.0 Å². The van der Waals surface area contributed by atoms with Gasteiger partial charge in [-0.25, -0.2) is 0 Å². The highest BCUT2D eigenvalue weighted by Crippen LogP contribution is 2.35. The van der Waals surface area contributed by atoms with Crippen molar-refractivity contribution >= 4 is 39.1 Å². The van der Waals surface area contributed by atoms with Crippen molar-refractivity contribution in [2.24, 2.45) is 0 Å². The maximum atomic E-state index is 6.12. The molecule has 0 aliphatic carbocycles. The Morgan fingerprint density at radius 3 is 2.07 bits per heavy atom. The molecule has 0 nitrogen and oxygen atoms in total. The third-order valence-corrected chi connectivity index (χ3v) is 3.20. The van der Waals surface area contributed by atoms with E-state index in [1.54, 1.807) is 0 Å². The van der Waals surface area contributed by atoms with Gasteiger partial charge in [0.05, 0.1) is 0 Å². The fourth-order valence-electron chi connectivity index (χ4n) is 1.42. The zero-order chi connectivity index (χ0) is 10.8. The van der Waals surface area contributed by atoms with E-state index in [9.17, 15) is 0 Å². The maximum Gasteiger partial charge on any atom is 0.0499 e. The molecule has 0 amide bonds. The summed E-state index contributed by atoms with van der Waals surface area (Å²) < 4.78 is 1.01. The number of halogens is 3. The molecule has 3 heteroatoms. The van der Waals surface area contributed by atoms with Gasteiger partial charge in [-0.05, 0) is 29.8 Å². The van der Waals surface area contributed by atoms with Crippen LogP contribution in [-0.4, -0.2) is 0 Å². The van der Waals surface area contributed by atoms with Crippen LogP contribution in [0.3, 0.4) is 0 Å². The van der Waals surface area contributed by atoms with Gasteiger partial charge in [0.2, 0.25) is 0 Å². The Bertz CT molecular complexity index is 474. The van der Waals surface area contributed by atoms with Crippen molar-refractivity contribution in [2.75, 3.05) is 0 Å². The number of benzene rings is 2. The van der Waals surface area contributed by atoms with Crippen molar-refractivity contribution in [1.82, 2.24) is 0 Å². The second kappa shape index (κ2) is 4.56. The molecule has 2 rings (SSSR count). The van der Waals surface area contributed by atoms with E-state index in [0.29, 0.717) is 10.0 Å². The number of hydrogen-bond acceptors (Lipinski definition) is 0. The summed E-state index contributed by atoms with van der Waals surface area (Å²) in [6, 6.07) is 13.4. The Hall–Kier alpha value is -0.500. The van der Waals surface area contributed by atoms with E-state index in [-0.39, 0.29) is 0 Å². The lowest BCUT2D eigenvalue weighted by molar-refractivity contribution is 1.59. The minimum Gasteiger partial charge on any atom is -0.0836 e. The van der Waals surface area contributed by atoms with Crippen molar-refractivity contribution in [3.8, 4) is 11.1 Å². The molecule has 0 aliphatic rings. The third-order valence-electron chi connectivity index (χ3n) is 2.08. The molecule has 0 aliphatic heterocycles. The van der Waals surface area contributed by atoms with Gasteiger partial charge >= 0.3 is 0 Å². The number of rotatable bonds is 1. The molecule has 0 fully saturated rings. The molecule has 15 heavy (non-hydrogen) atoms. The lowest BCUT2D eigenvalue weighted by atomic mass is 10.1. The second-order valence-corrected chi connectivity index (χ2v) is 4.84. The van der Waals surface area contributed by atoms with Crippen molar-refractivity contribution in [2.45, 2.75) is 0 Å². The average molecular weight is 302 g/mol. The SMILES string of the molecule is Clc1cccc(Cl)c1-c1cccc(Br)c1. The maximum absolute atomic E-state index is 6.12. The summed E-state index contributed by atoms with van der Waals surface area (Å²) in [6.45, 7) is 0. The first-order valence-electron chi connectivity index (χ1n) is 4.38. The van der Waals surface area contributed by atoms with Gasteiger partial charge in [0.1, 0.15) is 0 Å². The third kappa shape index (κ3) is 2.36. The highest BCUT2D eigenvalue weighted by molar-refractivity contribution is 9.10. The Morgan fingerprint density at radius 1 is 0.867 bits per heavy atom. The first kappa shape index (κ1) is 11.0. The van der Waals surface area contributed by atoms with E-state index in [1.165, 1.54) is 0 Å². The zero-order valence-corrected chi connectivity index (χ0v) is 10.8. The van der Waals surface area contributed by atoms with Crippen LogP contribution in [0.1, 0.15) is 0 Å². The smallest absolute Gasteiger partial charge is 0.0499 e. The second-order valence-electron chi connectivity index (χ2n) is 3.11. The van der Waals surface area contributed by atoms with Crippen LogP contribution in [0.2, 0.25) is 10.0 Å². The normalized spacial score (nSPS) is 10.3. The Balaban J connectivity index is 2.63. The molecule has 0 atom stereocenters. The molecule has 0 N–H and O–H groups in total. The summed E-state index contributed by atoms with van der Waals surface area (Å²) in [5.74, 6) is 0. The molecule has 2 aromatic carbocycles. The van der Waals surface area contributed by atoms with Crippen LogP contribution >= 0.6 is 39.1 Å². The Morgan fingerprint density at radius 2 is 1.47 bits per heavy atom. The van der Waals surface area contributed by atoms with E-state index < -0.39 is 0 Å². The van der Waals surface area contributed by atoms with E-state index in [1.807, 2.05) is 42.5 Å². The zero-order valence-electron chi connectivity index (χ0n) is 7.68. The first-order valence-corrected chi connectivity index (χ1v) is 5.93. The van der Waals surface area contributed by atoms with Crippen LogP contribution in [0.15, 0.2) is 46.9 Å². The highest BCUT2D eigenvalue weighted by atomic mass is 79.9. The molecule has 0 bridgehead atoms. The molecule has 76 valence electrons. The summed E-state index contributed by atoms with van der Waals surface area (Å²) in [4.78, 5) is 0. The summed E-state index contributed by atoms with van der Waals surface area (Å²) in [7, 11) is 0. The van der Waals surface area contributed by atoms with Crippen molar-refractivity contribution in [3.63, 3.8) is 0 Å². The molecule has 0 saturated heterocycles. The molecular formula is C12H7BrCl2. The molecule has 0 aromatic heterocycles. The van der Waals surface area contributed by atoms with Crippen LogP contribution in [0, 0.1) is 0 Å². The topological polar surface area (TPSA) is 0 Å². The monoisotopic (exact) mass is 300 g/mol. The summed E-state index contributed by atoms with van der Waals surface area (Å²) in [5.41, 5.74) is 1.89. The molecule has 0 saturated carbocycles.